The molecule has 1 aromatic carbocycles. The molecule has 2 unspecified atom stereocenters. The lowest BCUT2D eigenvalue weighted by molar-refractivity contribution is -0.132. The minimum Gasteiger partial charge on any atom is -0.389 e. The van der Waals surface area contributed by atoms with E-state index < -0.39 is 6.10 Å². The molecule has 2 N–H and O–H groups in total. The number of nitrogens with one attached hydrogen (secondary N) is 1. The minimum absolute atomic E-state index is 0.0621. The van der Waals surface area contributed by atoms with Crippen molar-refractivity contribution in [2.75, 3.05) is 38.2 Å². The normalized spacial score (nSPS) is 19.3. The van der Waals surface area contributed by atoms with Gasteiger partial charge in [0.05, 0.1) is 19.3 Å². The predicted molar refractivity (Wildman–Crippen MR) is 93.5 cm³/mol. The van der Waals surface area contributed by atoms with Crippen molar-refractivity contribution < 1.29 is 14.6 Å². The molecule has 1 aliphatic heterocycles. The molecule has 5 nitrogen and oxygen atoms in total. The topological polar surface area (TPSA) is 61.8 Å². The van der Waals surface area contributed by atoms with Crippen molar-refractivity contribution >= 4 is 17.7 Å². The number of aliphatic hydroxyl groups is 1. The molecule has 0 aliphatic carbocycles. The van der Waals surface area contributed by atoms with Crippen molar-refractivity contribution in [3.8, 4) is 0 Å². The van der Waals surface area contributed by atoms with E-state index in [4.69, 9.17) is 4.74 Å². The van der Waals surface area contributed by atoms with Crippen LogP contribution in [0.15, 0.2) is 30.3 Å². The number of hydrogen-bond acceptors (Lipinski definition) is 5. The van der Waals surface area contributed by atoms with Gasteiger partial charge in [-0.15, -0.1) is 0 Å². The van der Waals surface area contributed by atoms with Gasteiger partial charge >= 0.3 is 0 Å². The first-order valence-electron chi connectivity index (χ1n) is 8.00. The molecule has 0 aromatic heterocycles. The van der Waals surface area contributed by atoms with E-state index in [9.17, 15) is 9.90 Å². The van der Waals surface area contributed by atoms with Gasteiger partial charge < -0.3 is 20.1 Å². The summed E-state index contributed by atoms with van der Waals surface area (Å²) in [5, 5.41) is 13.4. The number of ether oxygens (including phenoxy) is 1. The number of nitrogens with zero attached hydrogens (tertiary/aromatic N) is 1. The third kappa shape index (κ3) is 6.91. The fourth-order valence-corrected chi connectivity index (χ4v) is 3.42. The van der Waals surface area contributed by atoms with E-state index in [0.29, 0.717) is 19.6 Å². The quantitative estimate of drug-likeness (QED) is 0.744. The lowest BCUT2D eigenvalue weighted by Gasteiger charge is -2.26. The number of hydrogen-bond donors (Lipinski definition) is 2. The standard InChI is InChI=1S/C17H26N2O3S/c1-19(17(21)9-15-13-23-8-7-18-15)10-16(20)12-22-11-14-5-3-2-4-6-14/h2-6,15-16,18,20H,7-13H2,1H3. The van der Waals surface area contributed by atoms with Gasteiger partial charge in [0.15, 0.2) is 0 Å². The molecule has 1 fully saturated rings. The zero-order valence-corrected chi connectivity index (χ0v) is 14.4. The van der Waals surface area contributed by atoms with E-state index in [1.807, 2.05) is 42.1 Å². The summed E-state index contributed by atoms with van der Waals surface area (Å²) in [6.45, 7) is 1.96. The average molecular weight is 338 g/mol. The van der Waals surface area contributed by atoms with Crippen LogP contribution in [0.4, 0.5) is 0 Å². The number of rotatable bonds is 8. The molecule has 0 bridgehead atoms. The Labute approximate surface area is 142 Å². The average Bonchev–Trinajstić information content (AvgIpc) is 2.56. The van der Waals surface area contributed by atoms with Gasteiger partial charge in [-0.05, 0) is 5.56 Å². The van der Waals surface area contributed by atoms with Gasteiger partial charge in [-0.25, -0.2) is 0 Å². The second-order valence-electron chi connectivity index (χ2n) is 5.86. The fourth-order valence-electron chi connectivity index (χ4n) is 2.48. The maximum Gasteiger partial charge on any atom is 0.223 e. The van der Waals surface area contributed by atoms with E-state index in [0.717, 1.165) is 23.6 Å². The Bertz CT molecular complexity index is 466. The first-order valence-corrected chi connectivity index (χ1v) is 9.15. The molecule has 0 radical (unpaired) electrons. The molecule has 1 saturated heterocycles. The molecule has 128 valence electrons. The summed E-state index contributed by atoms with van der Waals surface area (Å²) in [6.07, 6.45) is -0.178. The summed E-state index contributed by atoms with van der Waals surface area (Å²) >= 11 is 1.88. The van der Waals surface area contributed by atoms with Crippen LogP contribution in [0.1, 0.15) is 12.0 Å². The Morgan fingerprint density at radius 2 is 2.26 bits per heavy atom. The SMILES string of the molecule is CN(CC(O)COCc1ccccc1)C(=O)CC1CSCCN1. The summed E-state index contributed by atoms with van der Waals surface area (Å²) in [6, 6.07) is 10.1. The summed E-state index contributed by atoms with van der Waals surface area (Å²) in [7, 11) is 1.73. The van der Waals surface area contributed by atoms with E-state index >= 15 is 0 Å². The second kappa shape index (κ2) is 9.93. The van der Waals surface area contributed by atoms with Gasteiger partial charge in [-0.2, -0.15) is 11.8 Å². The van der Waals surface area contributed by atoms with Crippen molar-refractivity contribution in [2.45, 2.75) is 25.2 Å². The molecule has 23 heavy (non-hydrogen) atoms. The Morgan fingerprint density at radius 1 is 1.48 bits per heavy atom. The third-order valence-electron chi connectivity index (χ3n) is 3.75. The lowest BCUT2D eigenvalue weighted by Crippen LogP contribution is -2.43. The second-order valence-corrected chi connectivity index (χ2v) is 7.01. The lowest BCUT2D eigenvalue weighted by atomic mass is 10.2. The smallest absolute Gasteiger partial charge is 0.223 e. The van der Waals surface area contributed by atoms with Crippen molar-refractivity contribution in [2.24, 2.45) is 0 Å². The van der Waals surface area contributed by atoms with Crippen LogP contribution in [0, 0.1) is 0 Å². The van der Waals surface area contributed by atoms with Crippen LogP contribution in [0.2, 0.25) is 0 Å². The first kappa shape index (κ1) is 18.3. The maximum absolute atomic E-state index is 12.2. The highest BCUT2D eigenvalue weighted by Gasteiger charge is 2.20. The fraction of sp³-hybridized carbons (Fsp3) is 0.588. The van der Waals surface area contributed by atoms with Gasteiger partial charge in [0.25, 0.3) is 0 Å². The minimum atomic E-state index is -0.665. The molecular weight excluding hydrogens is 312 g/mol. The molecule has 0 saturated carbocycles. The monoisotopic (exact) mass is 338 g/mol. The van der Waals surface area contributed by atoms with E-state index in [1.165, 1.54) is 0 Å². The number of amides is 1. The van der Waals surface area contributed by atoms with Crippen LogP contribution in [-0.2, 0) is 16.1 Å². The zero-order chi connectivity index (χ0) is 16.5. The molecule has 2 atom stereocenters. The number of benzene rings is 1. The van der Waals surface area contributed by atoms with Crippen LogP contribution in [0.25, 0.3) is 0 Å². The number of likely N-dealkylation sites (N-methyl/N-ethyl adjacent to an activating group) is 1. The van der Waals surface area contributed by atoms with Crippen LogP contribution in [-0.4, -0.2) is 66.3 Å². The Hall–Kier alpha value is -1.08. The maximum atomic E-state index is 12.2. The van der Waals surface area contributed by atoms with Gasteiger partial charge in [0, 0.05) is 44.1 Å². The first-order chi connectivity index (χ1) is 11.1. The Balaban J connectivity index is 1.63. The van der Waals surface area contributed by atoms with E-state index in [-0.39, 0.29) is 18.6 Å². The number of aliphatic hydroxyl groups excluding tert-OH is 1. The van der Waals surface area contributed by atoms with E-state index in [2.05, 4.69) is 5.32 Å². The van der Waals surface area contributed by atoms with Crippen LogP contribution in [0.5, 0.6) is 0 Å². The summed E-state index contributed by atoms with van der Waals surface area (Å²) in [5.41, 5.74) is 1.07. The summed E-state index contributed by atoms with van der Waals surface area (Å²) < 4.78 is 5.51. The van der Waals surface area contributed by atoms with Crippen LogP contribution < -0.4 is 5.32 Å². The highest BCUT2D eigenvalue weighted by atomic mass is 32.2. The molecule has 2 rings (SSSR count). The molecule has 6 heteroatoms. The van der Waals surface area contributed by atoms with Crippen molar-refractivity contribution in [3.05, 3.63) is 35.9 Å². The van der Waals surface area contributed by atoms with Gasteiger partial charge in [0.1, 0.15) is 0 Å². The predicted octanol–water partition coefficient (Wildman–Crippen LogP) is 1.12. The zero-order valence-electron chi connectivity index (χ0n) is 13.6. The molecule has 1 amide bonds. The van der Waals surface area contributed by atoms with Gasteiger partial charge in [-0.1, -0.05) is 30.3 Å². The highest BCUT2D eigenvalue weighted by molar-refractivity contribution is 7.99. The molecular formula is C17H26N2O3S. The number of carbonyl (C=O) groups is 1. The van der Waals surface area contributed by atoms with Crippen LogP contribution in [0.3, 0.4) is 0 Å². The van der Waals surface area contributed by atoms with Crippen molar-refractivity contribution in [3.63, 3.8) is 0 Å². The Morgan fingerprint density at radius 3 is 2.96 bits per heavy atom. The third-order valence-corrected chi connectivity index (χ3v) is 4.88. The molecule has 0 spiro atoms. The number of thioether (sulfide) groups is 1. The van der Waals surface area contributed by atoms with Gasteiger partial charge in [0.2, 0.25) is 5.91 Å². The molecule has 1 heterocycles. The Kier molecular flexibility index (Phi) is 7.88. The van der Waals surface area contributed by atoms with E-state index in [1.54, 1.807) is 11.9 Å². The summed E-state index contributed by atoms with van der Waals surface area (Å²) in [4.78, 5) is 13.8. The van der Waals surface area contributed by atoms with Crippen molar-refractivity contribution in [1.29, 1.82) is 0 Å². The summed E-state index contributed by atoms with van der Waals surface area (Å²) in [5.74, 6) is 2.15. The van der Waals surface area contributed by atoms with Crippen molar-refractivity contribution in [1.82, 2.24) is 10.2 Å². The highest BCUT2D eigenvalue weighted by Crippen LogP contribution is 2.11. The van der Waals surface area contributed by atoms with Crippen LogP contribution >= 0.6 is 11.8 Å². The van der Waals surface area contributed by atoms with Gasteiger partial charge in [-0.3, -0.25) is 4.79 Å². The largest absolute Gasteiger partial charge is 0.389 e. The molecule has 1 aromatic rings. The molecule has 1 aliphatic rings. The number of carbonyl (C=O) groups excluding carboxylic acids is 1.